The van der Waals surface area contributed by atoms with E-state index in [0.29, 0.717) is 15.6 Å². The molecule has 0 saturated carbocycles. The summed E-state index contributed by atoms with van der Waals surface area (Å²) in [6.07, 6.45) is 1.66. The van der Waals surface area contributed by atoms with Crippen LogP contribution in [0.5, 0.6) is 11.5 Å². The van der Waals surface area contributed by atoms with Crippen molar-refractivity contribution in [2.45, 2.75) is 0 Å². The number of thiocarbonyl (C=S) groups is 1. The van der Waals surface area contributed by atoms with Crippen LogP contribution < -0.4 is 4.74 Å². The van der Waals surface area contributed by atoms with Crippen LogP contribution in [0.4, 0.5) is 0 Å². The van der Waals surface area contributed by atoms with Gasteiger partial charge in [-0.1, -0.05) is 30.4 Å². The Labute approximate surface area is 105 Å². The molecule has 0 bridgehead atoms. The van der Waals surface area contributed by atoms with Crippen LogP contribution in [0.25, 0.3) is 0 Å². The fourth-order valence-electron chi connectivity index (χ4n) is 1.25. The topological polar surface area (TPSA) is 22.1 Å². The molecule has 0 fully saturated rings. The first-order valence-corrected chi connectivity index (χ1v) is 5.54. The van der Waals surface area contributed by atoms with Gasteiger partial charge in [-0.2, -0.15) is 0 Å². The van der Waals surface area contributed by atoms with Gasteiger partial charge in [0.05, 0.1) is 4.20 Å². The van der Waals surface area contributed by atoms with Crippen LogP contribution >= 0.6 is 24.8 Å². The summed E-state index contributed by atoms with van der Waals surface area (Å²) in [6, 6.07) is 13.1. The molecule has 80 valence electrons. The summed E-state index contributed by atoms with van der Waals surface area (Å²) in [7, 11) is 0. The molecular formula is C12H9NOS2. The highest BCUT2D eigenvalue weighted by Crippen LogP contribution is 2.24. The lowest BCUT2D eigenvalue weighted by Crippen LogP contribution is -1.97. The molecule has 0 amide bonds. The second-order valence-corrected chi connectivity index (χ2v) is 4.23. The van der Waals surface area contributed by atoms with Crippen molar-refractivity contribution in [3.8, 4) is 11.5 Å². The van der Waals surface area contributed by atoms with Crippen molar-refractivity contribution in [3.63, 3.8) is 0 Å². The van der Waals surface area contributed by atoms with Gasteiger partial charge < -0.3 is 4.74 Å². The molecule has 2 rings (SSSR count). The van der Waals surface area contributed by atoms with E-state index in [2.05, 4.69) is 17.6 Å². The Morgan fingerprint density at radius 1 is 1.12 bits per heavy atom. The van der Waals surface area contributed by atoms with Gasteiger partial charge in [-0.15, -0.1) is 12.6 Å². The van der Waals surface area contributed by atoms with Crippen molar-refractivity contribution in [1.29, 1.82) is 0 Å². The molecule has 0 spiro atoms. The molecule has 0 N–H and O–H groups in total. The molecule has 16 heavy (non-hydrogen) atoms. The van der Waals surface area contributed by atoms with Gasteiger partial charge in [0.15, 0.2) is 5.75 Å². The Balaban J connectivity index is 2.31. The highest BCUT2D eigenvalue weighted by atomic mass is 32.1. The van der Waals surface area contributed by atoms with E-state index in [0.717, 1.165) is 5.75 Å². The normalized spacial score (nSPS) is 9.81. The summed E-state index contributed by atoms with van der Waals surface area (Å²) < 4.78 is 6.09. The lowest BCUT2D eigenvalue weighted by Gasteiger charge is -2.08. The van der Waals surface area contributed by atoms with Crippen molar-refractivity contribution in [2.75, 3.05) is 0 Å². The van der Waals surface area contributed by atoms with Crippen LogP contribution in [0.15, 0.2) is 48.7 Å². The zero-order chi connectivity index (χ0) is 11.4. The van der Waals surface area contributed by atoms with E-state index in [1.54, 1.807) is 12.3 Å². The summed E-state index contributed by atoms with van der Waals surface area (Å²) >= 11 is 9.10. The van der Waals surface area contributed by atoms with Crippen LogP contribution in [0.1, 0.15) is 5.69 Å². The Bertz CT molecular complexity index is 499. The van der Waals surface area contributed by atoms with Crippen molar-refractivity contribution < 1.29 is 4.74 Å². The maximum atomic E-state index is 5.67. The number of benzene rings is 1. The number of ether oxygens (including phenoxy) is 1. The summed E-state index contributed by atoms with van der Waals surface area (Å²) in [4.78, 5) is 4.13. The number of nitrogens with zero attached hydrogens (tertiary/aromatic N) is 1. The Morgan fingerprint density at radius 3 is 2.56 bits per heavy atom. The van der Waals surface area contributed by atoms with Crippen LogP contribution in [0, 0.1) is 0 Å². The SMILES string of the molecule is S=C(S)c1ncccc1Oc1ccccc1. The van der Waals surface area contributed by atoms with E-state index in [4.69, 9.17) is 17.0 Å². The van der Waals surface area contributed by atoms with Crippen LogP contribution in [-0.2, 0) is 0 Å². The van der Waals surface area contributed by atoms with Gasteiger partial charge in [-0.25, -0.2) is 0 Å². The molecule has 4 heteroatoms. The lowest BCUT2D eigenvalue weighted by molar-refractivity contribution is 0.479. The molecule has 0 atom stereocenters. The van der Waals surface area contributed by atoms with Gasteiger partial charge in [0.1, 0.15) is 11.4 Å². The van der Waals surface area contributed by atoms with Crippen molar-refractivity contribution in [1.82, 2.24) is 4.98 Å². The Hall–Kier alpha value is -1.39. The van der Waals surface area contributed by atoms with Gasteiger partial charge >= 0.3 is 0 Å². The Morgan fingerprint density at radius 2 is 1.88 bits per heavy atom. The third-order valence-corrected chi connectivity index (χ3v) is 2.35. The highest BCUT2D eigenvalue weighted by Gasteiger charge is 2.07. The smallest absolute Gasteiger partial charge is 0.155 e. The highest BCUT2D eigenvalue weighted by molar-refractivity contribution is 8.11. The molecule has 0 saturated heterocycles. The van der Waals surface area contributed by atoms with Crippen molar-refractivity contribution >= 4 is 29.0 Å². The first kappa shape index (κ1) is 11.1. The zero-order valence-electron chi connectivity index (χ0n) is 8.33. The quantitative estimate of drug-likeness (QED) is 0.663. The molecule has 2 nitrogen and oxygen atoms in total. The van der Waals surface area contributed by atoms with E-state index in [1.807, 2.05) is 36.4 Å². The maximum Gasteiger partial charge on any atom is 0.155 e. The zero-order valence-corrected chi connectivity index (χ0v) is 10.0. The van der Waals surface area contributed by atoms with Crippen LogP contribution in [0.3, 0.4) is 0 Å². The van der Waals surface area contributed by atoms with Crippen molar-refractivity contribution in [2.24, 2.45) is 0 Å². The lowest BCUT2D eigenvalue weighted by atomic mass is 10.3. The molecule has 0 aliphatic carbocycles. The minimum absolute atomic E-state index is 0.423. The second kappa shape index (κ2) is 5.09. The summed E-state index contributed by atoms with van der Waals surface area (Å²) in [5.74, 6) is 1.37. The number of thiol groups is 1. The van der Waals surface area contributed by atoms with Crippen LogP contribution in [0.2, 0.25) is 0 Å². The summed E-state index contributed by atoms with van der Waals surface area (Å²) in [6.45, 7) is 0. The van der Waals surface area contributed by atoms with Crippen LogP contribution in [-0.4, -0.2) is 9.18 Å². The first-order valence-electron chi connectivity index (χ1n) is 4.68. The molecule has 0 radical (unpaired) electrons. The Kier molecular flexibility index (Phi) is 3.54. The largest absolute Gasteiger partial charge is 0.455 e. The maximum absolute atomic E-state index is 5.67. The van der Waals surface area contributed by atoms with E-state index >= 15 is 0 Å². The second-order valence-electron chi connectivity index (χ2n) is 3.07. The molecular weight excluding hydrogens is 238 g/mol. The number of pyridine rings is 1. The molecule has 0 aliphatic rings. The van der Waals surface area contributed by atoms with E-state index in [9.17, 15) is 0 Å². The monoisotopic (exact) mass is 247 g/mol. The predicted octanol–water partition coefficient (Wildman–Crippen LogP) is 3.48. The number of para-hydroxylation sites is 1. The third kappa shape index (κ3) is 2.59. The third-order valence-electron chi connectivity index (χ3n) is 1.94. The van der Waals surface area contributed by atoms with E-state index in [1.165, 1.54) is 0 Å². The molecule has 0 aliphatic heterocycles. The van der Waals surface area contributed by atoms with Crippen molar-refractivity contribution in [3.05, 3.63) is 54.4 Å². The number of hydrogen-bond donors (Lipinski definition) is 1. The number of hydrogen-bond acceptors (Lipinski definition) is 3. The summed E-state index contributed by atoms with van der Waals surface area (Å²) in [5, 5.41) is 0. The molecule has 0 unspecified atom stereocenters. The van der Waals surface area contributed by atoms with Gasteiger partial charge in [0.25, 0.3) is 0 Å². The standard InChI is InChI=1S/C12H9NOS2/c15-12(16)11-10(7-4-8-13-11)14-9-5-2-1-3-6-9/h1-8H,(H,15,16). The number of rotatable bonds is 3. The molecule has 1 aromatic carbocycles. The predicted molar refractivity (Wildman–Crippen MR) is 71.4 cm³/mol. The van der Waals surface area contributed by atoms with E-state index < -0.39 is 0 Å². The summed E-state index contributed by atoms with van der Waals surface area (Å²) in [5.41, 5.74) is 0.588. The average Bonchev–Trinajstić information content (AvgIpc) is 2.31. The minimum Gasteiger partial charge on any atom is -0.455 e. The molecule has 1 heterocycles. The van der Waals surface area contributed by atoms with Gasteiger partial charge in [0.2, 0.25) is 0 Å². The van der Waals surface area contributed by atoms with Gasteiger partial charge in [-0.05, 0) is 24.3 Å². The van der Waals surface area contributed by atoms with Gasteiger partial charge in [-0.3, -0.25) is 4.98 Å². The number of aromatic nitrogens is 1. The molecule has 2 aromatic rings. The fourth-order valence-corrected chi connectivity index (χ4v) is 1.57. The fraction of sp³-hybridized carbons (Fsp3) is 0. The minimum atomic E-state index is 0.423. The first-order chi connectivity index (χ1) is 7.77. The van der Waals surface area contributed by atoms with Gasteiger partial charge in [0, 0.05) is 6.20 Å². The average molecular weight is 247 g/mol. The van der Waals surface area contributed by atoms with E-state index in [-0.39, 0.29) is 0 Å². The molecule has 1 aromatic heterocycles.